The molecule has 0 aliphatic carbocycles. The number of aryl methyl sites for hydroxylation is 2. The monoisotopic (exact) mass is 274 g/mol. The van der Waals surface area contributed by atoms with Crippen molar-refractivity contribution in [2.75, 3.05) is 19.1 Å². The predicted molar refractivity (Wildman–Crippen MR) is 75.8 cm³/mol. The average molecular weight is 274 g/mol. The fraction of sp³-hybridized carbons (Fsp3) is 0.357. The van der Waals surface area contributed by atoms with Crippen LogP contribution in [0.4, 0.5) is 5.69 Å². The van der Waals surface area contributed by atoms with Gasteiger partial charge in [-0.2, -0.15) is 5.10 Å². The first kappa shape index (κ1) is 14.0. The van der Waals surface area contributed by atoms with Gasteiger partial charge in [-0.25, -0.2) is 4.98 Å². The Hall–Kier alpha value is -2.37. The largest absolute Gasteiger partial charge is 0.481 e. The van der Waals surface area contributed by atoms with Crippen molar-refractivity contribution in [1.29, 1.82) is 0 Å². The smallest absolute Gasteiger partial charge is 0.228 e. The number of pyridine rings is 1. The van der Waals surface area contributed by atoms with Crippen molar-refractivity contribution in [3.63, 3.8) is 0 Å². The molecule has 1 amide bonds. The molecule has 0 N–H and O–H groups in total. The van der Waals surface area contributed by atoms with Crippen LogP contribution in [0.3, 0.4) is 0 Å². The summed E-state index contributed by atoms with van der Waals surface area (Å²) < 4.78 is 6.76. The molecule has 0 saturated carbocycles. The number of ether oxygens (including phenoxy) is 1. The summed E-state index contributed by atoms with van der Waals surface area (Å²) in [5, 5.41) is 4.16. The van der Waals surface area contributed by atoms with E-state index in [0.717, 1.165) is 11.3 Å². The molecule has 2 heterocycles. The van der Waals surface area contributed by atoms with Crippen molar-refractivity contribution in [3.8, 4) is 5.88 Å². The molecule has 6 heteroatoms. The number of rotatable bonds is 5. The van der Waals surface area contributed by atoms with Crippen LogP contribution in [0.2, 0.25) is 0 Å². The summed E-state index contributed by atoms with van der Waals surface area (Å²) in [5.74, 6) is 0.548. The SMILES string of the molecule is COc1ccc(N(C)C(=O)CCn2cc(C)cn2)cn1. The van der Waals surface area contributed by atoms with Gasteiger partial charge in [-0.3, -0.25) is 9.48 Å². The standard InChI is InChI=1S/C14H18N4O2/c1-11-8-16-18(10-11)7-6-14(19)17(2)12-4-5-13(20-3)15-9-12/h4-5,8-10H,6-7H2,1-3H3. The van der Waals surface area contributed by atoms with E-state index < -0.39 is 0 Å². The number of carbonyl (C=O) groups is 1. The minimum absolute atomic E-state index is 0.0186. The summed E-state index contributed by atoms with van der Waals surface area (Å²) >= 11 is 0. The van der Waals surface area contributed by atoms with E-state index >= 15 is 0 Å². The van der Waals surface area contributed by atoms with Crippen LogP contribution in [0.25, 0.3) is 0 Å². The van der Waals surface area contributed by atoms with E-state index in [0.29, 0.717) is 18.8 Å². The molecular formula is C14H18N4O2. The van der Waals surface area contributed by atoms with Crippen molar-refractivity contribution in [2.24, 2.45) is 0 Å². The highest BCUT2D eigenvalue weighted by molar-refractivity contribution is 5.92. The second-order valence-corrected chi connectivity index (χ2v) is 4.54. The maximum absolute atomic E-state index is 12.1. The Bertz CT molecular complexity index is 577. The number of carbonyl (C=O) groups excluding carboxylic acids is 1. The minimum Gasteiger partial charge on any atom is -0.481 e. The Labute approximate surface area is 118 Å². The van der Waals surface area contributed by atoms with Gasteiger partial charge in [0.05, 0.1) is 25.2 Å². The van der Waals surface area contributed by atoms with E-state index in [9.17, 15) is 4.79 Å². The van der Waals surface area contributed by atoms with Crippen LogP contribution in [0.5, 0.6) is 5.88 Å². The van der Waals surface area contributed by atoms with Gasteiger partial charge >= 0.3 is 0 Å². The Balaban J connectivity index is 1.93. The second kappa shape index (κ2) is 6.18. The first-order chi connectivity index (χ1) is 9.60. The van der Waals surface area contributed by atoms with E-state index in [1.165, 1.54) is 0 Å². The maximum atomic E-state index is 12.1. The first-order valence-corrected chi connectivity index (χ1v) is 6.36. The topological polar surface area (TPSA) is 60.2 Å². The van der Waals surface area contributed by atoms with Crippen molar-refractivity contribution >= 4 is 11.6 Å². The van der Waals surface area contributed by atoms with Gasteiger partial charge < -0.3 is 9.64 Å². The van der Waals surface area contributed by atoms with Crippen LogP contribution in [-0.2, 0) is 11.3 Å². The number of methoxy groups -OCH3 is 1. The van der Waals surface area contributed by atoms with E-state index in [1.807, 2.05) is 19.2 Å². The van der Waals surface area contributed by atoms with E-state index in [2.05, 4.69) is 10.1 Å². The lowest BCUT2D eigenvalue weighted by molar-refractivity contribution is -0.118. The minimum atomic E-state index is 0.0186. The quantitative estimate of drug-likeness (QED) is 0.831. The molecule has 0 unspecified atom stereocenters. The number of anilines is 1. The van der Waals surface area contributed by atoms with Crippen LogP contribution in [-0.4, -0.2) is 34.8 Å². The summed E-state index contributed by atoms with van der Waals surface area (Å²) in [4.78, 5) is 17.8. The highest BCUT2D eigenvalue weighted by Crippen LogP contribution is 2.15. The summed E-state index contributed by atoms with van der Waals surface area (Å²) in [5.41, 5.74) is 1.83. The molecule has 2 aromatic rings. The van der Waals surface area contributed by atoms with E-state index in [4.69, 9.17) is 4.74 Å². The molecule has 0 aliphatic heterocycles. The number of hydrogen-bond acceptors (Lipinski definition) is 4. The third kappa shape index (κ3) is 3.34. The van der Waals surface area contributed by atoms with Gasteiger partial charge in [-0.05, 0) is 18.6 Å². The van der Waals surface area contributed by atoms with E-state index in [1.54, 1.807) is 42.2 Å². The van der Waals surface area contributed by atoms with Crippen molar-refractivity contribution in [2.45, 2.75) is 19.9 Å². The average Bonchev–Trinajstić information content (AvgIpc) is 2.89. The Morgan fingerprint density at radius 3 is 2.75 bits per heavy atom. The van der Waals surface area contributed by atoms with Gasteiger partial charge in [0, 0.05) is 32.3 Å². The molecule has 0 aliphatic rings. The van der Waals surface area contributed by atoms with Gasteiger partial charge in [-0.1, -0.05) is 0 Å². The zero-order valence-corrected chi connectivity index (χ0v) is 11.9. The second-order valence-electron chi connectivity index (χ2n) is 4.54. The van der Waals surface area contributed by atoms with Gasteiger partial charge in [0.1, 0.15) is 0 Å². The molecule has 0 aromatic carbocycles. The fourth-order valence-electron chi connectivity index (χ4n) is 1.80. The van der Waals surface area contributed by atoms with Crippen LogP contribution in [0, 0.1) is 6.92 Å². The molecule has 2 aromatic heterocycles. The molecule has 0 bridgehead atoms. The normalized spacial score (nSPS) is 10.3. The number of nitrogens with zero attached hydrogens (tertiary/aromatic N) is 4. The Kier molecular flexibility index (Phi) is 4.34. The Morgan fingerprint density at radius 1 is 1.40 bits per heavy atom. The van der Waals surface area contributed by atoms with Crippen LogP contribution in [0.1, 0.15) is 12.0 Å². The molecule has 0 fully saturated rings. The Morgan fingerprint density at radius 2 is 2.20 bits per heavy atom. The zero-order chi connectivity index (χ0) is 14.5. The molecule has 20 heavy (non-hydrogen) atoms. The molecule has 106 valence electrons. The molecular weight excluding hydrogens is 256 g/mol. The summed E-state index contributed by atoms with van der Waals surface area (Å²) in [7, 11) is 3.29. The van der Waals surface area contributed by atoms with Gasteiger partial charge in [0.2, 0.25) is 11.8 Å². The molecule has 6 nitrogen and oxygen atoms in total. The predicted octanol–water partition coefficient (Wildman–Crippen LogP) is 1.65. The summed E-state index contributed by atoms with van der Waals surface area (Å²) in [6.07, 6.45) is 5.71. The maximum Gasteiger partial charge on any atom is 0.228 e. The highest BCUT2D eigenvalue weighted by atomic mass is 16.5. The van der Waals surface area contributed by atoms with Crippen LogP contribution in [0.15, 0.2) is 30.7 Å². The first-order valence-electron chi connectivity index (χ1n) is 6.36. The third-order valence-corrected chi connectivity index (χ3v) is 3.01. The molecule has 2 rings (SSSR count). The lowest BCUT2D eigenvalue weighted by Gasteiger charge is -2.17. The lowest BCUT2D eigenvalue weighted by atomic mass is 10.3. The van der Waals surface area contributed by atoms with E-state index in [-0.39, 0.29) is 5.91 Å². The third-order valence-electron chi connectivity index (χ3n) is 3.01. The van der Waals surface area contributed by atoms with Crippen molar-refractivity contribution < 1.29 is 9.53 Å². The number of amides is 1. The molecule has 0 radical (unpaired) electrons. The summed E-state index contributed by atoms with van der Waals surface area (Å²) in [6.45, 7) is 2.54. The zero-order valence-electron chi connectivity index (χ0n) is 11.9. The lowest BCUT2D eigenvalue weighted by Crippen LogP contribution is -2.27. The van der Waals surface area contributed by atoms with Crippen LogP contribution >= 0.6 is 0 Å². The van der Waals surface area contributed by atoms with Gasteiger partial charge in [-0.15, -0.1) is 0 Å². The van der Waals surface area contributed by atoms with Crippen molar-refractivity contribution in [3.05, 3.63) is 36.3 Å². The van der Waals surface area contributed by atoms with Gasteiger partial charge in [0.25, 0.3) is 0 Å². The van der Waals surface area contributed by atoms with Crippen molar-refractivity contribution in [1.82, 2.24) is 14.8 Å². The number of aromatic nitrogens is 3. The highest BCUT2D eigenvalue weighted by Gasteiger charge is 2.11. The molecule has 0 spiro atoms. The fourth-order valence-corrected chi connectivity index (χ4v) is 1.80. The molecule has 0 saturated heterocycles. The summed E-state index contributed by atoms with van der Waals surface area (Å²) in [6, 6.07) is 3.54. The van der Waals surface area contributed by atoms with Crippen LogP contribution < -0.4 is 9.64 Å². The molecule has 0 atom stereocenters. The number of hydrogen-bond donors (Lipinski definition) is 0. The van der Waals surface area contributed by atoms with Gasteiger partial charge in [0.15, 0.2) is 0 Å².